The molecular formula is C16H21NO3. The first-order chi connectivity index (χ1) is 9.38. The van der Waals surface area contributed by atoms with Gasteiger partial charge in [-0.2, -0.15) is 5.06 Å². The summed E-state index contributed by atoms with van der Waals surface area (Å²) < 4.78 is 0. The fourth-order valence-corrected chi connectivity index (χ4v) is 2.18. The highest BCUT2D eigenvalue weighted by molar-refractivity contribution is 5.66. The van der Waals surface area contributed by atoms with Crippen molar-refractivity contribution >= 4 is 12.2 Å². The van der Waals surface area contributed by atoms with Crippen LogP contribution >= 0.6 is 0 Å². The maximum Gasteiger partial charge on any atom is 0.432 e. The Morgan fingerprint density at radius 3 is 2.75 bits per heavy atom. The van der Waals surface area contributed by atoms with Gasteiger partial charge in [-0.25, -0.2) is 4.79 Å². The van der Waals surface area contributed by atoms with E-state index in [1.165, 1.54) is 0 Å². The zero-order valence-corrected chi connectivity index (χ0v) is 12.2. The molecule has 2 rings (SSSR count). The van der Waals surface area contributed by atoms with E-state index in [1.807, 2.05) is 57.2 Å². The molecule has 1 N–H and O–H groups in total. The van der Waals surface area contributed by atoms with Crippen LogP contribution in [0.15, 0.2) is 30.3 Å². The van der Waals surface area contributed by atoms with Crippen molar-refractivity contribution in [3.63, 3.8) is 0 Å². The van der Waals surface area contributed by atoms with E-state index in [0.717, 1.165) is 16.2 Å². The van der Waals surface area contributed by atoms with Gasteiger partial charge in [-0.1, -0.05) is 57.2 Å². The van der Waals surface area contributed by atoms with Crippen molar-refractivity contribution in [2.24, 2.45) is 5.41 Å². The molecule has 0 radical (unpaired) electrons. The zero-order chi connectivity index (χ0) is 14.8. The number of carbonyl (C=O) groups is 1. The monoisotopic (exact) mass is 275 g/mol. The van der Waals surface area contributed by atoms with Gasteiger partial charge in [0.15, 0.2) is 0 Å². The molecule has 0 aliphatic heterocycles. The zero-order valence-electron chi connectivity index (χ0n) is 12.2. The molecule has 1 aliphatic rings. The Hall–Kier alpha value is -1.81. The molecule has 0 fully saturated rings. The first-order valence-corrected chi connectivity index (χ1v) is 6.79. The molecule has 1 atom stereocenters. The second kappa shape index (κ2) is 5.67. The van der Waals surface area contributed by atoms with Gasteiger partial charge in [0.25, 0.3) is 0 Å². The van der Waals surface area contributed by atoms with Gasteiger partial charge in [0.1, 0.15) is 0 Å². The fourth-order valence-electron chi connectivity index (χ4n) is 2.18. The molecule has 0 aromatic heterocycles. The summed E-state index contributed by atoms with van der Waals surface area (Å²) in [4.78, 5) is 17.1. The Morgan fingerprint density at radius 1 is 1.40 bits per heavy atom. The minimum atomic E-state index is -1.05. The maximum atomic E-state index is 11.5. The lowest BCUT2D eigenvalue weighted by Crippen LogP contribution is -2.37. The van der Waals surface area contributed by atoms with Gasteiger partial charge in [0.2, 0.25) is 0 Å². The fraction of sp³-hybridized carbons (Fsp3) is 0.438. The van der Waals surface area contributed by atoms with E-state index in [-0.39, 0.29) is 11.5 Å². The molecule has 0 bridgehead atoms. The van der Waals surface area contributed by atoms with Gasteiger partial charge in [0, 0.05) is 0 Å². The second-order valence-electron chi connectivity index (χ2n) is 6.23. The van der Waals surface area contributed by atoms with E-state index in [1.54, 1.807) is 0 Å². The van der Waals surface area contributed by atoms with E-state index >= 15 is 0 Å². The largest absolute Gasteiger partial charge is 0.463 e. The van der Waals surface area contributed by atoms with Crippen molar-refractivity contribution in [1.29, 1.82) is 0 Å². The van der Waals surface area contributed by atoms with Crippen LogP contribution in [0.1, 0.15) is 44.4 Å². The molecule has 0 heterocycles. The third-order valence-corrected chi connectivity index (χ3v) is 3.12. The molecule has 0 spiro atoms. The molecule has 108 valence electrons. The SMILES string of the molecule is CC(C)(C)CON(C(=O)O)C1CC=Cc2ccccc21. The average molecular weight is 275 g/mol. The molecule has 1 unspecified atom stereocenters. The van der Waals surface area contributed by atoms with Gasteiger partial charge in [-0.3, -0.25) is 4.84 Å². The standard InChI is InChI=1S/C16H21NO3/c1-16(2,3)11-20-17(15(18)19)14-10-6-8-12-7-4-5-9-13(12)14/h4-9,14H,10-11H2,1-3H3,(H,18,19). The molecule has 1 aromatic rings. The number of amides is 1. The third kappa shape index (κ3) is 3.39. The van der Waals surface area contributed by atoms with E-state index in [0.29, 0.717) is 13.0 Å². The van der Waals surface area contributed by atoms with Crippen LogP contribution in [0.5, 0.6) is 0 Å². The molecular weight excluding hydrogens is 254 g/mol. The predicted molar refractivity (Wildman–Crippen MR) is 78.1 cm³/mol. The van der Waals surface area contributed by atoms with Gasteiger partial charge < -0.3 is 5.11 Å². The van der Waals surface area contributed by atoms with Gasteiger partial charge in [0.05, 0.1) is 12.6 Å². The van der Waals surface area contributed by atoms with Crippen molar-refractivity contribution in [1.82, 2.24) is 5.06 Å². The van der Waals surface area contributed by atoms with Crippen molar-refractivity contribution in [2.75, 3.05) is 6.61 Å². The average Bonchev–Trinajstić information content (AvgIpc) is 2.37. The van der Waals surface area contributed by atoms with Crippen LogP contribution in [0.4, 0.5) is 4.79 Å². The number of carboxylic acid groups (broad SMARTS) is 1. The summed E-state index contributed by atoms with van der Waals surface area (Å²) in [5.41, 5.74) is 1.96. The summed E-state index contributed by atoms with van der Waals surface area (Å²) in [5, 5.41) is 10.5. The first-order valence-electron chi connectivity index (χ1n) is 6.79. The molecule has 0 saturated heterocycles. The van der Waals surface area contributed by atoms with Crippen LogP contribution in [0, 0.1) is 5.41 Å². The van der Waals surface area contributed by atoms with E-state index < -0.39 is 6.09 Å². The molecule has 4 heteroatoms. The number of hydrogen-bond donors (Lipinski definition) is 1. The molecule has 1 aromatic carbocycles. The molecule has 0 saturated carbocycles. The topological polar surface area (TPSA) is 49.8 Å². The minimum absolute atomic E-state index is 0.0856. The maximum absolute atomic E-state index is 11.5. The van der Waals surface area contributed by atoms with Crippen molar-refractivity contribution < 1.29 is 14.7 Å². The Morgan fingerprint density at radius 2 is 2.10 bits per heavy atom. The lowest BCUT2D eigenvalue weighted by Gasteiger charge is -2.32. The Kier molecular flexibility index (Phi) is 4.14. The number of rotatable bonds is 3. The Balaban J connectivity index is 2.22. The Labute approximate surface area is 119 Å². The highest BCUT2D eigenvalue weighted by atomic mass is 16.7. The molecule has 4 nitrogen and oxygen atoms in total. The lowest BCUT2D eigenvalue weighted by atomic mass is 9.93. The number of fused-ring (bicyclic) bond motifs is 1. The van der Waals surface area contributed by atoms with Crippen molar-refractivity contribution in [3.8, 4) is 0 Å². The molecule has 20 heavy (non-hydrogen) atoms. The third-order valence-electron chi connectivity index (χ3n) is 3.12. The summed E-state index contributed by atoms with van der Waals surface area (Å²) in [6, 6.07) is 7.54. The minimum Gasteiger partial charge on any atom is -0.463 e. The summed E-state index contributed by atoms with van der Waals surface area (Å²) >= 11 is 0. The van der Waals surface area contributed by atoms with Crippen LogP contribution in [0.3, 0.4) is 0 Å². The van der Waals surface area contributed by atoms with Crippen LogP contribution in [0.25, 0.3) is 6.08 Å². The van der Waals surface area contributed by atoms with Gasteiger partial charge in [-0.15, -0.1) is 0 Å². The summed E-state index contributed by atoms with van der Waals surface area (Å²) in [7, 11) is 0. The first kappa shape index (κ1) is 14.6. The van der Waals surface area contributed by atoms with Crippen molar-refractivity contribution in [3.05, 3.63) is 41.5 Å². The summed E-state index contributed by atoms with van der Waals surface area (Å²) in [6.07, 6.45) is 3.59. The molecule has 1 aliphatic carbocycles. The van der Waals surface area contributed by atoms with E-state index in [2.05, 4.69) is 0 Å². The van der Waals surface area contributed by atoms with Crippen molar-refractivity contribution in [2.45, 2.75) is 33.2 Å². The van der Waals surface area contributed by atoms with Crippen LogP contribution in [-0.2, 0) is 4.84 Å². The summed E-state index contributed by atoms with van der Waals surface area (Å²) in [6.45, 7) is 6.41. The number of hydrogen-bond acceptors (Lipinski definition) is 2. The van der Waals surface area contributed by atoms with Crippen LogP contribution in [-0.4, -0.2) is 22.9 Å². The van der Waals surface area contributed by atoms with Gasteiger partial charge >= 0.3 is 6.09 Å². The summed E-state index contributed by atoms with van der Waals surface area (Å²) in [5.74, 6) is 0. The highest BCUT2D eigenvalue weighted by Gasteiger charge is 2.29. The smallest absolute Gasteiger partial charge is 0.432 e. The number of benzene rings is 1. The predicted octanol–water partition coefficient (Wildman–Crippen LogP) is 4.10. The Bertz CT molecular complexity index is 517. The highest BCUT2D eigenvalue weighted by Crippen LogP contribution is 2.33. The van der Waals surface area contributed by atoms with Crippen LogP contribution < -0.4 is 0 Å². The van der Waals surface area contributed by atoms with Crippen LogP contribution in [0.2, 0.25) is 0 Å². The normalized spacial score (nSPS) is 17.6. The quantitative estimate of drug-likeness (QED) is 0.845. The second-order valence-corrected chi connectivity index (χ2v) is 6.23. The van der Waals surface area contributed by atoms with E-state index in [9.17, 15) is 9.90 Å². The van der Waals surface area contributed by atoms with E-state index in [4.69, 9.17) is 4.84 Å². The number of nitrogens with zero attached hydrogens (tertiary/aromatic N) is 1. The van der Waals surface area contributed by atoms with Gasteiger partial charge in [-0.05, 0) is 23.0 Å². The lowest BCUT2D eigenvalue weighted by molar-refractivity contribution is -0.176. The molecule has 1 amide bonds. The number of hydroxylamine groups is 2.